The van der Waals surface area contributed by atoms with Gasteiger partial charge in [0.25, 0.3) is 0 Å². The summed E-state index contributed by atoms with van der Waals surface area (Å²) in [6.45, 7) is 3.70. The predicted molar refractivity (Wildman–Crippen MR) is 84.0 cm³/mol. The van der Waals surface area contributed by atoms with Crippen LogP contribution in [0.2, 0.25) is 0 Å². The number of hydrogen-bond donors (Lipinski definition) is 2. The molecule has 1 aliphatic rings. The number of carbonyl (C=O) groups is 2. The predicted octanol–water partition coefficient (Wildman–Crippen LogP) is 2.22. The first-order chi connectivity index (χ1) is 11.4. The standard InChI is InChI=1S/C17H18FN3O3/c1-9(20-16(22)13-7-14(13)17(23)24)15-8-19-21(10(15)2)12-5-3-11(18)4-6-12/h3-6,8-9,13-14H,7H2,1-2H3,(H,20,22)(H,23,24). The molecule has 0 radical (unpaired) electrons. The molecule has 2 N–H and O–H groups in total. The first-order valence-corrected chi connectivity index (χ1v) is 7.72. The zero-order chi connectivity index (χ0) is 17.4. The SMILES string of the molecule is Cc1c(C(C)NC(=O)C2CC2C(=O)O)cnn1-c1ccc(F)cc1. The summed E-state index contributed by atoms with van der Waals surface area (Å²) in [4.78, 5) is 22.9. The van der Waals surface area contributed by atoms with E-state index in [1.807, 2.05) is 13.8 Å². The first-order valence-electron chi connectivity index (χ1n) is 7.72. The summed E-state index contributed by atoms with van der Waals surface area (Å²) in [5.41, 5.74) is 2.40. The van der Waals surface area contributed by atoms with Crippen molar-refractivity contribution in [1.82, 2.24) is 15.1 Å². The topological polar surface area (TPSA) is 84.2 Å². The average molecular weight is 331 g/mol. The molecule has 0 spiro atoms. The van der Waals surface area contributed by atoms with Crippen molar-refractivity contribution in [3.05, 3.63) is 47.5 Å². The number of carbonyl (C=O) groups excluding carboxylic acids is 1. The molecule has 3 atom stereocenters. The maximum absolute atomic E-state index is 13.0. The third-order valence-electron chi connectivity index (χ3n) is 4.39. The van der Waals surface area contributed by atoms with Gasteiger partial charge < -0.3 is 10.4 Å². The maximum atomic E-state index is 13.0. The fourth-order valence-corrected chi connectivity index (χ4v) is 2.85. The van der Waals surface area contributed by atoms with Gasteiger partial charge in [-0.2, -0.15) is 5.10 Å². The lowest BCUT2D eigenvalue weighted by molar-refractivity contribution is -0.140. The van der Waals surface area contributed by atoms with Crippen molar-refractivity contribution >= 4 is 11.9 Å². The highest BCUT2D eigenvalue weighted by atomic mass is 19.1. The van der Waals surface area contributed by atoms with Crippen LogP contribution >= 0.6 is 0 Å². The van der Waals surface area contributed by atoms with Crippen molar-refractivity contribution in [3.8, 4) is 5.69 Å². The van der Waals surface area contributed by atoms with Gasteiger partial charge in [-0.05, 0) is 44.5 Å². The molecule has 1 aromatic carbocycles. The zero-order valence-electron chi connectivity index (χ0n) is 13.4. The Morgan fingerprint density at radius 3 is 2.58 bits per heavy atom. The van der Waals surface area contributed by atoms with Crippen molar-refractivity contribution in [3.63, 3.8) is 0 Å². The van der Waals surface area contributed by atoms with E-state index in [9.17, 15) is 14.0 Å². The largest absolute Gasteiger partial charge is 0.481 e. The molecule has 0 saturated heterocycles. The van der Waals surface area contributed by atoms with E-state index < -0.39 is 17.8 Å². The lowest BCUT2D eigenvalue weighted by atomic mass is 10.1. The summed E-state index contributed by atoms with van der Waals surface area (Å²) in [6.07, 6.45) is 2.05. The molecule has 126 valence electrons. The summed E-state index contributed by atoms with van der Waals surface area (Å²) in [5.74, 6) is -2.51. The van der Waals surface area contributed by atoms with Crippen molar-refractivity contribution in [2.24, 2.45) is 11.8 Å². The van der Waals surface area contributed by atoms with E-state index in [2.05, 4.69) is 10.4 Å². The van der Waals surface area contributed by atoms with Crippen LogP contribution in [0.3, 0.4) is 0 Å². The fraction of sp³-hybridized carbons (Fsp3) is 0.353. The van der Waals surface area contributed by atoms with Gasteiger partial charge in [-0.15, -0.1) is 0 Å². The van der Waals surface area contributed by atoms with Gasteiger partial charge in [-0.25, -0.2) is 9.07 Å². The minimum absolute atomic E-state index is 0.246. The van der Waals surface area contributed by atoms with Crippen molar-refractivity contribution in [2.75, 3.05) is 0 Å². The van der Waals surface area contributed by atoms with E-state index in [1.54, 1.807) is 23.0 Å². The molecule has 3 rings (SSSR count). The van der Waals surface area contributed by atoms with Crippen LogP contribution in [-0.4, -0.2) is 26.8 Å². The smallest absolute Gasteiger partial charge is 0.307 e. The van der Waals surface area contributed by atoms with Crippen molar-refractivity contribution < 1.29 is 19.1 Å². The Bertz CT molecular complexity index is 785. The Balaban J connectivity index is 1.72. The van der Waals surface area contributed by atoms with Crippen LogP contribution in [0, 0.1) is 24.6 Å². The van der Waals surface area contributed by atoms with Crippen LogP contribution in [-0.2, 0) is 9.59 Å². The quantitative estimate of drug-likeness (QED) is 0.880. The number of benzene rings is 1. The summed E-state index contributed by atoms with van der Waals surface area (Å²) in [6, 6.07) is 5.69. The number of carboxylic acids is 1. The molecule has 0 aliphatic heterocycles. The van der Waals surface area contributed by atoms with Gasteiger partial charge in [-0.1, -0.05) is 0 Å². The second-order valence-electron chi connectivity index (χ2n) is 6.09. The summed E-state index contributed by atoms with van der Waals surface area (Å²) in [5, 5.41) is 16.0. The third kappa shape index (κ3) is 3.02. The van der Waals surface area contributed by atoms with Gasteiger partial charge in [0.2, 0.25) is 5.91 Å². The molecular formula is C17H18FN3O3. The molecule has 1 fully saturated rings. The van der Waals surface area contributed by atoms with Gasteiger partial charge in [0, 0.05) is 11.3 Å². The van der Waals surface area contributed by atoms with E-state index in [0.29, 0.717) is 6.42 Å². The molecule has 24 heavy (non-hydrogen) atoms. The number of nitrogens with one attached hydrogen (secondary N) is 1. The van der Waals surface area contributed by atoms with Crippen LogP contribution in [0.25, 0.3) is 5.69 Å². The second kappa shape index (κ2) is 6.07. The molecule has 3 unspecified atom stereocenters. The Labute approximate surface area is 138 Å². The third-order valence-corrected chi connectivity index (χ3v) is 4.39. The number of carboxylic acid groups (broad SMARTS) is 1. The molecule has 1 heterocycles. The Kier molecular flexibility index (Phi) is 4.09. The zero-order valence-corrected chi connectivity index (χ0v) is 13.4. The number of rotatable bonds is 5. The summed E-state index contributed by atoms with van der Waals surface area (Å²) in [7, 11) is 0. The maximum Gasteiger partial charge on any atom is 0.307 e. The summed E-state index contributed by atoms with van der Waals surface area (Å²) >= 11 is 0. The molecule has 1 aliphatic carbocycles. The minimum Gasteiger partial charge on any atom is -0.481 e. The molecule has 6 nitrogen and oxygen atoms in total. The van der Waals surface area contributed by atoms with Gasteiger partial charge in [0.1, 0.15) is 5.82 Å². The van der Waals surface area contributed by atoms with Crippen LogP contribution in [0.5, 0.6) is 0 Å². The van der Waals surface area contributed by atoms with Gasteiger partial charge in [0.15, 0.2) is 0 Å². The number of halogens is 1. The normalized spacial score (nSPS) is 20.5. The average Bonchev–Trinajstić information content (AvgIpc) is 3.25. The van der Waals surface area contributed by atoms with Crippen molar-refractivity contribution in [1.29, 1.82) is 0 Å². The van der Waals surface area contributed by atoms with Gasteiger partial charge >= 0.3 is 5.97 Å². The molecule has 1 amide bonds. The number of aromatic nitrogens is 2. The van der Waals surface area contributed by atoms with Crippen LogP contribution in [0.15, 0.2) is 30.5 Å². The highest BCUT2D eigenvalue weighted by molar-refractivity contribution is 5.89. The molecule has 2 aromatic rings. The Morgan fingerprint density at radius 2 is 2.00 bits per heavy atom. The van der Waals surface area contributed by atoms with Gasteiger partial charge in [0.05, 0.1) is 29.8 Å². The fourth-order valence-electron chi connectivity index (χ4n) is 2.85. The number of aliphatic carboxylic acids is 1. The summed E-state index contributed by atoms with van der Waals surface area (Å²) < 4.78 is 14.7. The highest BCUT2D eigenvalue weighted by Crippen LogP contribution is 2.39. The minimum atomic E-state index is -0.928. The Morgan fingerprint density at radius 1 is 1.33 bits per heavy atom. The van der Waals surface area contributed by atoms with E-state index in [4.69, 9.17) is 5.11 Å². The number of amides is 1. The second-order valence-corrected chi connectivity index (χ2v) is 6.09. The monoisotopic (exact) mass is 331 g/mol. The van der Waals surface area contributed by atoms with E-state index in [-0.39, 0.29) is 17.8 Å². The van der Waals surface area contributed by atoms with E-state index in [1.165, 1.54) is 12.1 Å². The number of hydrogen-bond acceptors (Lipinski definition) is 3. The first kappa shape index (κ1) is 16.2. The Hall–Kier alpha value is -2.70. The molecular weight excluding hydrogens is 313 g/mol. The van der Waals surface area contributed by atoms with Crippen molar-refractivity contribution in [2.45, 2.75) is 26.3 Å². The molecule has 7 heteroatoms. The van der Waals surface area contributed by atoms with Crippen LogP contribution in [0.4, 0.5) is 4.39 Å². The van der Waals surface area contributed by atoms with Crippen LogP contribution < -0.4 is 5.32 Å². The lowest BCUT2D eigenvalue weighted by Crippen LogP contribution is -2.29. The van der Waals surface area contributed by atoms with E-state index >= 15 is 0 Å². The number of nitrogens with zero attached hydrogens (tertiary/aromatic N) is 2. The van der Waals surface area contributed by atoms with E-state index in [0.717, 1.165) is 16.9 Å². The molecule has 1 aromatic heterocycles. The van der Waals surface area contributed by atoms with Gasteiger partial charge in [-0.3, -0.25) is 9.59 Å². The molecule has 1 saturated carbocycles. The highest BCUT2D eigenvalue weighted by Gasteiger charge is 2.48. The molecule has 0 bridgehead atoms. The van der Waals surface area contributed by atoms with Crippen LogP contribution in [0.1, 0.15) is 30.6 Å². The lowest BCUT2D eigenvalue weighted by Gasteiger charge is -2.14.